The van der Waals surface area contributed by atoms with Crippen LogP contribution in [0.4, 0.5) is 9.18 Å². The highest BCUT2D eigenvalue weighted by molar-refractivity contribution is 6.06. The Kier molecular flexibility index (Phi) is 4.57. The molecule has 1 N–H and O–H groups in total. The number of nitrogens with one attached hydrogen (secondary N) is 1. The topological polar surface area (TPSA) is 51.2 Å². The van der Waals surface area contributed by atoms with E-state index in [4.69, 9.17) is 4.74 Å². The van der Waals surface area contributed by atoms with E-state index in [0.717, 1.165) is 27.4 Å². The van der Waals surface area contributed by atoms with Crippen LogP contribution >= 0.6 is 0 Å². The Morgan fingerprint density at radius 3 is 2.64 bits per heavy atom. The summed E-state index contributed by atoms with van der Waals surface area (Å²) in [6.45, 7) is 5.81. The standard InChI is InChI=1S/C20H21FN2O2/c1-20(2,3)25-19(24)22-11-10-18-16-12-13(21)8-9-14(16)15-6-4-5-7-17(15)23-18/h4-9,12H,10-11H2,1-3H3,(H,22,24). The summed E-state index contributed by atoms with van der Waals surface area (Å²) in [4.78, 5) is 16.4. The van der Waals surface area contributed by atoms with E-state index in [1.807, 2.05) is 45.0 Å². The van der Waals surface area contributed by atoms with Gasteiger partial charge in [0.1, 0.15) is 11.4 Å². The van der Waals surface area contributed by atoms with Crippen molar-refractivity contribution in [2.45, 2.75) is 32.8 Å². The molecule has 5 heteroatoms. The number of para-hydroxylation sites is 1. The molecule has 1 aromatic heterocycles. The summed E-state index contributed by atoms with van der Waals surface area (Å²) in [6, 6.07) is 12.5. The number of carbonyl (C=O) groups excluding carboxylic acids is 1. The molecule has 0 spiro atoms. The van der Waals surface area contributed by atoms with Gasteiger partial charge in [0.2, 0.25) is 0 Å². The fourth-order valence-electron chi connectivity index (χ4n) is 2.78. The largest absolute Gasteiger partial charge is 0.444 e. The summed E-state index contributed by atoms with van der Waals surface area (Å²) >= 11 is 0. The Balaban J connectivity index is 1.87. The van der Waals surface area contributed by atoms with Gasteiger partial charge in [-0.3, -0.25) is 4.98 Å². The second-order valence-corrected chi connectivity index (χ2v) is 6.94. The zero-order valence-electron chi connectivity index (χ0n) is 14.6. The molecule has 0 unspecified atom stereocenters. The van der Waals surface area contributed by atoms with Crippen LogP contribution in [0.15, 0.2) is 42.5 Å². The van der Waals surface area contributed by atoms with Crippen LogP contribution in [0.3, 0.4) is 0 Å². The summed E-state index contributed by atoms with van der Waals surface area (Å²) < 4.78 is 19.0. The second-order valence-electron chi connectivity index (χ2n) is 6.94. The molecule has 2 aromatic carbocycles. The maximum Gasteiger partial charge on any atom is 0.407 e. The van der Waals surface area contributed by atoms with Gasteiger partial charge >= 0.3 is 6.09 Å². The van der Waals surface area contributed by atoms with Crippen LogP contribution in [-0.4, -0.2) is 23.2 Å². The Hall–Kier alpha value is -2.69. The zero-order valence-corrected chi connectivity index (χ0v) is 14.6. The monoisotopic (exact) mass is 340 g/mol. The molecule has 1 heterocycles. The Bertz CT molecular complexity index is 932. The van der Waals surface area contributed by atoms with Crippen LogP contribution in [0.1, 0.15) is 26.5 Å². The van der Waals surface area contributed by atoms with Crippen molar-refractivity contribution in [2.24, 2.45) is 0 Å². The summed E-state index contributed by atoms with van der Waals surface area (Å²) in [7, 11) is 0. The van der Waals surface area contributed by atoms with Gasteiger partial charge in [0.25, 0.3) is 0 Å². The minimum absolute atomic E-state index is 0.300. The molecular formula is C20H21FN2O2. The van der Waals surface area contributed by atoms with Crippen molar-refractivity contribution in [3.63, 3.8) is 0 Å². The van der Waals surface area contributed by atoms with Crippen LogP contribution in [0.5, 0.6) is 0 Å². The first-order valence-corrected chi connectivity index (χ1v) is 8.27. The summed E-state index contributed by atoms with van der Waals surface area (Å²) in [5.41, 5.74) is 1.07. The van der Waals surface area contributed by atoms with Gasteiger partial charge in [-0.1, -0.05) is 24.3 Å². The van der Waals surface area contributed by atoms with Gasteiger partial charge in [0.15, 0.2) is 0 Å². The first kappa shape index (κ1) is 17.1. The van der Waals surface area contributed by atoms with E-state index < -0.39 is 11.7 Å². The van der Waals surface area contributed by atoms with E-state index in [9.17, 15) is 9.18 Å². The van der Waals surface area contributed by atoms with Crippen molar-refractivity contribution in [1.29, 1.82) is 0 Å². The van der Waals surface area contributed by atoms with Gasteiger partial charge in [-0.15, -0.1) is 0 Å². The van der Waals surface area contributed by atoms with Crippen molar-refractivity contribution < 1.29 is 13.9 Å². The smallest absolute Gasteiger partial charge is 0.407 e. The molecule has 0 aliphatic carbocycles. The van der Waals surface area contributed by atoms with E-state index in [1.54, 1.807) is 6.07 Å². The first-order chi connectivity index (χ1) is 11.8. The number of carbonyl (C=O) groups is 1. The lowest BCUT2D eigenvalue weighted by Crippen LogP contribution is -2.33. The fraction of sp³-hybridized carbons (Fsp3) is 0.300. The van der Waals surface area contributed by atoms with Crippen molar-refractivity contribution >= 4 is 27.8 Å². The number of rotatable bonds is 3. The summed E-state index contributed by atoms with van der Waals surface area (Å²) in [6.07, 6.45) is 0.0214. The molecule has 0 aliphatic heterocycles. The number of hydrogen-bond donors (Lipinski definition) is 1. The van der Waals surface area contributed by atoms with Gasteiger partial charge in [0, 0.05) is 23.7 Å². The lowest BCUT2D eigenvalue weighted by Gasteiger charge is -2.19. The Labute approximate surface area is 146 Å². The maximum absolute atomic E-state index is 13.7. The summed E-state index contributed by atoms with van der Waals surface area (Å²) in [5, 5.41) is 5.43. The number of hydrogen-bond acceptors (Lipinski definition) is 3. The highest BCUT2D eigenvalue weighted by Crippen LogP contribution is 2.27. The SMILES string of the molecule is CC(C)(C)OC(=O)NCCc1nc2ccccc2c2ccc(F)cc12. The molecule has 0 saturated heterocycles. The number of alkyl carbamates (subject to hydrolysis) is 1. The van der Waals surface area contributed by atoms with E-state index in [0.29, 0.717) is 13.0 Å². The predicted molar refractivity (Wildman–Crippen MR) is 97.1 cm³/mol. The lowest BCUT2D eigenvalue weighted by atomic mass is 10.0. The molecule has 0 bridgehead atoms. The van der Waals surface area contributed by atoms with Crippen LogP contribution in [-0.2, 0) is 11.2 Å². The van der Waals surface area contributed by atoms with E-state index in [-0.39, 0.29) is 5.82 Å². The van der Waals surface area contributed by atoms with Crippen molar-refractivity contribution in [2.75, 3.05) is 6.54 Å². The number of benzene rings is 2. The van der Waals surface area contributed by atoms with E-state index >= 15 is 0 Å². The molecule has 3 rings (SSSR count). The molecule has 0 saturated carbocycles. The molecule has 0 fully saturated rings. The van der Waals surface area contributed by atoms with Crippen LogP contribution in [0, 0.1) is 5.82 Å². The van der Waals surface area contributed by atoms with E-state index in [1.165, 1.54) is 12.1 Å². The molecule has 4 nitrogen and oxygen atoms in total. The molecule has 0 atom stereocenters. The minimum Gasteiger partial charge on any atom is -0.444 e. The number of nitrogens with zero attached hydrogens (tertiary/aromatic N) is 1. The summed E-state index contributed by atoms with van der Waals surface area (Å²) in [5.74, 6) is -0.300. The average Bonchev–Trinajstić information content (AvgIpc) is 2.53. The highest BCUT2D eigenvalue weighted by Gasteiger charge is 2.16. The normalized spacial score (nSPS) is 11.7. The number of fused-ring (bicyclic) bond motifs is 3. The van der Waals surface area contributed by atoms with Crippen molar-refractivity contribution in [3.05, 3.63) is 54.0 Å². The maximum atomic E-state index is 13.7. The third kappa shape index (κ3) is 4.05. The van der Waals surface area contributed by atoms with Crippen LogP contribution < -0.4 is 5.32 Å². The molecule has 130 valence electrons. The second kappa shape index (κ2) is 6.67. The molecule has 1 amide bonds. The minimum atomic E-state index is -0.541. The van der Waals surface area contributed by atoms with Crippen molar-refractivity contribution in [1.82, 2.24) is 10.3 Å². The quantitative estimate of drug-likeness (QED) is 0.709. The van der Waals surface area contributed by atoms with Gasteiger partial charge in [-0.2, -0.15) is 0 Å². The third-order valence-corrected chi connectivity index (χ3v) is 3.77. The van der Waals surface area contributed by atoms with Gasteiger partial charge in [-0.25, -0.2) is 9.18 Å². The van der Waals surface area contributed by atoms with Crippen molar-refractivity contribution in [3.8, 4) is 0 Å². The van der Waals surface area contributed by atoms with E-state index in [2.05, 4.69) is 10.3 Å². The zero-order chi connectivity index (χ0) is 18.0. The van der Waals surface area contributed by atoms with Gasteiger partial charge in [0.05, 0.1) is 11.2 Å². The molecule has 25 heavy (non-hydrogen) atoms. The first-order valence-electron chi connectivity index (χ1n) is 8.27. The van der Waals surface area contributed by atoms with Gasteiger partial charge < -0.3 is 10.1 Å². The third-order valence-electron chi connectivity index (χ3n) is 3.77. The fourth-order valence-corrected chi connectivity index (χ4v) is 2.78. The molecule has 0 aliphatic rings. The molecule has 0 radical (unpaired) electrons. The Morgan fingerprint density at radius 2 is 1.88 bits per heavy atom. The lowest BCUT2D eigenvalue weighted by molar-refractivity contribution is 0.0528. The molecule has 3 aromatic rings. The average molecular weight is 340 g/mol. The molecular weight excluding hydrogens is 319 g/mol. The highest BCUT2D eigenvalue weighted by atomic mass is 19.1. The van der Waals surface area contributed by atoms with Gasteiger partial charge in [-0.05, 0) is 44.4 Å². The van der Waals surface area contributed by atoms with Crippen LogP contribution in [0.25, 0.3) is 21.7 Å². The predicted octanol–water partition coefficient (Wildman–Crippen LogP) is 4.59. The van der Waals surface area contributed by atoms with Crippen LogP contribution in [0.2, 0.25) is 0 Å². The number of halogens is 1. The number of amides is 1. The number of aromatic nitrogens is 1. The Morgan fingerprint density at radius 1 is 1.12 bits per heavy atom. The number of ether oxygens (including phenoxy) is 1. The number of pyridine rings is 1.